The standard InChI is InChI=1S/C16H24O3/c1-9-5-11-6-12(11)13-7-16(19-15(9,13)3)10(2)8-18-14(16)17-4/h9,11-14H,2,5-8H2,1,3-4H3. The number of fused-ring (bicyclic) bond motifs is 3. The van der Waals surface area contributed by atoms with Crippen LogP contribution in [0.4, 0.5) is 0 Å². The molecule has 0 aromatic carbocycles. The van der Waals surface area contributed by atoms with E-state index in [2.05, 4.69) is 20.4 Å². The molecule has 7 atom stereocenters. The van der Waals surface area contributed by atoms with Crippen LogP contribution in [-0.2, 0) is 14.2 Å². The zero-order chi connectivity index (χ0) is 13.4. The van der Waals surface area contributed by atoms with Crippen molar-refractivity contribution in [3.05, 3.63) is 12.2 Å². The molecule has 3 heteroatoms. The number of rotatable bonds is 1. The molecule has 106 valence electrons. The van der Waals surface area contributed by atoms with Crippen molar-refractivity contribution in [2.45, 2.75) is 50.6 Å². The second-order valence-electron chi connectivity index (χ2n) is 7.26. The van der Waals surface area contributed by atoms with Gasteiger partial charge in [0.1, 0.15) is 5.60 Å². The van der Waals surface area contributed by atoms with Crippen LogP contribution in [0, 0.1) is 23.7 Å². The van der Waals surface area contributed by atoms with Gasteiger partial charge in [0.15, 0.2) is 6.29 Å². The molecule has 4 aliphatic rings. The van der Waals surface area contributed by atoms with E-state index in [0.717, 1.165) is 23.8 Å². The lowest BCUT2D eigenvalue weighted by atomic mass is 9.69. The molecule has 2 aliphatic heterocycles. The van der Waals surface area contributed by atoms with Gasteiger partial charge in [-0.3, -0.25) is 0 Å². The van der Waals surface area contributed by atoms with Crippen LogP contribution in [0.1, 0.15) is 33.1 Å². The highest BCUT2D eigenvalue weighted by atomic mass is 16.7. The third-order valence-electron chi connectivity index (χ3n) is 6.39. The fourth-order valence-corrected chi connectivity index (χ4v) is 5.02. The predicted octanol–water partition coefficient (Wildman–Crippen LogP) is 2.76. The highest BCUT2D eigenvalue weighted by Crippen LogP contribution is 2.67. The number of methoxy groups -OCH3 is 1. The lowest BCUT2D eigenvalue weighted by molar-refractivity contribution is -0.214. The second kappa shape index (κ2) is 3.63. The summed E-state index contributed by atoms with van der Waals surface area (Å²) in [7, 11) is 1.71. The SMILES string of the molecule is C=C1COC(OC)C12CC1C3CC3CC(C)C1(C)O2. The minimum Gasteiger partial charge on any atom is -0.358 e. The molecule has 2 saturated carbocycles. The normalized spacial score (nSPS) is 59.3. The van der Waals surface area contributed by atoms with Gasteiger partial charge in [0.05, 0.1) is 12.2 Å². The Labute approximate surface area is 115 Å². The van der Waals surface area contributed by atoms with Crippen LogP contribution in [0.3, 0.4) is 0 Å². The van der Waals surface area contributed by atoms with E-state index < -0.39 is 0 Å². The summed E-state index contributed by atoms with van der Waals surface area (Å²) in [6.07, 6.45) is 3.48. The highest BCUT2D eigenvalue weighted by Gasteiger charge is 2.69. The molecule has 0 aromatic rings. The van der Waals surface area contributed by atoms with Crippen molar-refractivity contribution in [3.63, 3.8) is 0 Å². The monoisotopic (exact) mass is 264 g/mol. The average molecular weight is 264 g/mol. The van der Waals surface area contributed by atoms with Gasteiger partial charge in [0, 0.05) is 7.11 Å². The third-order valence-corrected chi connectivity index (χ3v) is 6.39. The predicted molar refractivity (Wildman–Crippen MR) is 71.6 cm³/mol. The Morgan fingerprint density at radius 3 is 2.89 bits per heavy atom. The zero-order valence-corrected chi connectivity index (χ0v) is 12.1. The van der Waals surface area contributed by atoms with Crippen LogP contribution < -0.4 is 0 Å². The Kier molecular flexibility index (Phi) is 2.36. The van der Waals surface area contributed by atoms with Crippen LogP contribution in [0.5, 0.6) is 0 Å². The van der Waals surface area contributed by atoms with E-state index in [1.807, 2.05) is 0 Å². The second-order valence-corrected chi connectivity index (χ2v) is 7.26. The van der Waals surface area contributed by atoms with Crippen molar-refractivity contribution in [1.82, 2.24) is 0 Å². The first-order valence-corrected chi connectivity index (χ1v) is 7.54. The molecule has 0 amide bonds. The fourth-order valence-electron chi connectivity index (χ4n) is 5.02. The van der Waals surface area contributed by atoms with E-state index in [4.69, 9.17) is 14.2 Å². The maximum atomic E-state index is 6.68. The molecular weight excluding hydrogens is 240 g/mol. The van der Waals surface area contributed by atoms with Crippen molar-refractivity contribution >= 4 is 0 Å². The molecule has 2 saturated heterocycles. The molecule has 0 radical (unpaired) electrons. The number of hydrogen-bond acceptors (Lipinski definition) is 3. The van der Waals surface area contributed by atoms with Gasteiger partial charge >= 0.3 is 0 Å². The van der Waals surface area contributed by atoms with Crippen molar-refractivity contribution in [3.8, 4) is 0 Å². The summed E-state index contributed by atoms with van der Waals surface area (Å²) in [5.74, 6) is 3.08. The lowest BCUT2D eigenvalue weighted by Gasteiger charge is -2.41. The average Bonchev–Trinajstić information content (AvgIpc) is 2.96. The van der Waals surface area contributed by atoms with E-state index in [9.17, 15) is 0 Å². The van der Waals surface area contributed by atoms with E-state index in [1.54, 1.807) is 7.11 Å². The van der Waals surface area contributed by atoms with Crippen LogP contribution >= 0.6 is 0 Å². The van der Waals surface area contributed by atoms with Gasteiger partial charge in [0.25, 0.3) is 0 Å². The van der Waals surface area contributed by atoms with E-state index in [0.29, 0.717) is 18.4 Å². The molecule has 2 heterocycles. The minimum absolute atomic E-state index is 0.0227. The third kappa shape index (κ3) is 1.39. The summed E-state index contributed by atoms with van der Waals surface area (Å²) in [5, 5.41) is 0. The molecule has 7 unspecified atom stereocenters. The summed E-state index contributed by atoms with van der Waals surface area (Å²) >= 11 is 0. The molecule has 4 fully saturated rings. The topological polar surface area (TPSA) is 27.7 Å². The van der Waals surface area contributed by atoms with Gasteiger partial charge < -0.3 is 14.2 Å². The van der Waals surface area contributed by atoms with Crippen molar-refractivity contribution in [1.29, 1.82) is 0 Å². The van der Waals surface area contributed by atoms with Crippen LogP contribution in [0.2, 0.25) is 0 Å². The van der Waals surface area contributed by atoms with Crippen LogP contribution in [0.25, 0.3) is 0 Å². The quantitative estimate of drug-likeness (QED) is 0.682. The number of ether oxygens (including phenoxy) is 3. The van der Waals surface area contributed by atoms with Crippen molar-refractivity contribution in [2.75, 3.05) is 13.7 Å². The maximum absolute atomic E-state index is 6.68. The Balaban J connectivity index is 1.73. The minimum atomic E-state index is -0.389. The maximum Gasteiger partial charge on any atom is 0.190 e. The first kappa shape index (κ1) is 12.4. The first-order chi connectivity index (χ1) is 9.01. The van der Waals surface area contributed by atoms with E-state index >= 15 is 0 Å². The smallest absolute Gasteiger partial charge is 0.190 e. The van der Waals surface area contributed by atoms with Crippen molar-refractivity contribution < 1.29 is 14.2 Å². The molecule has 0 bridgehead atoms. The van der Waals surface area contributed by atoms with Gasteiger partial charge in [-0.15, -0.1) is 0 Å². The largest absolute Gasteiger partial charge is 0.358 e. The summed E-state index contributed by atoms with van der Waals surface area (Å²) in [6, 6.07) is 0. The van der Waals surface area contributed by atoms with Gasteiger partial charge in [0.2, 0.25) is 0 Å². The lowest BCUT2D eigenvalue weighted by Crippen LogP contribution is -2.46. The summed E-state index contributed by atoms with van der Waals surface area (Å²) in [4.78, 5) is 0. The van der Waals surface area contributed by atoms with Gasteiger partial charge in [-0.2, -0.15) is 0 Å². The first-order valence-electron chi connectivity index (χ1n) is 7.54. The molecule has 2 aliphatic carbocycles. The molecule has 0 N–H and O–H groups in total. The summed E-state index contributed by atoms with van der Waals surface area (Å²) in [6.45, 7) is 9.44. The molecular formula is C16H24O3. The Bertz CT molecular complexity index is 434. The van der Waals surface area contributed by atoms with Gasteiger partial charge in [-0.05, 0) is 55.4 Å². The Morgan fingerprint density at radius 1 is 1.37 bits per heavy atom. The molecule has 19 heavy (non-hydrogen) atoms. The summed E-state index contributed by atoms with van der Waals surface area (Å²) < 4.78 is 18.0. The fraction of sp³-hybridized carbons (Fsp3) is 0.875. The van der Waals surface area contributed by atoms with Gasteiger partial charge in [-0.25, -0.2) is 0 Å². The molecule has 3 nitrogen and oxygen atoms in total. The molecule has 1 spiro atoms. The zero-order valence-electron chi connectivity index (χ0n) is 12.1. The molecule has 4 rings (SSSR count). The van der Waals surface area contributed by atoms with Gasteiger partial charge in [-0.1, -0.05) is 13.5 Å². The Hall–Kier alpha value is -0.380. The molecule has 0 aromatic heterocycles. The highest BCUT2D eigenvalue weighted by molar-refractivity contribution is 5.27. The van der Waals surface area contributed by atoms with Crippen molar-refractivity contribution in [2.24, 2.45) is 23.7 Å². The van der Waals surface area contributed by atoms with E-state index in [-0.39, 0.29) is 17.5 Å². The van der Waals surface area contributed by atoms with Crippen LogP contribution in [-0.4, -0.2) is 31.2 Å². The van der Waals surface area contributed by atoms with E-state index in [1.165, 1.54) is 12.8 Å². The van der Waals surface area contributed by atoms with Crippen LogP contribution in [0.15, 0.2) is 12.2 Å². The number of hydrogen-bond donors (Lipinski definition) is 0. The summed E-state index contributed by atoms with van der Waals surface area (Å²) in [5.41, 5.74) is 0.657. The Morgan fingerprint density at radius 2 is 2.16 bits per heavy atom.